The summed E-state index contributed by atoms with van der Waals surface area (Å²) in [5.74, 6) is 0.267. The summed E-state index contributed by atoms with van der Waals surface area (Å²) in [6.07, 6.45) is 2.93. The van der Waals surface area contributed by atoms with Crippen LogP contribution in [-0.2, 0) is 6.42 Å². The van der Waals surface area contributed by atoms with E-state index in [0.29, 0.717) is 29.4 Å². The fourth-order valence-corrected chi connectivity index (χ4v) is 3.91. The first-order valence-corrected chi connectivity index (χ1v) is 10.6. The predicted octanol–water partition coefficient (Wildman–Crippen LogP) is 4.18. The van der Waals surface area contributed by atoms with E-state index in [-0.39, 0.29) is 18.6 Å². The zero-order chi connectivity index (χ0) is 21.6. The molecule has 1 atom stereocenters. The summed E-state index contributed by atoms with van der Waals surface area (Å²) < 4.78 is 5.99. The summed E-state index contributed by atoms with van der Waals surface area (Å²) in [7, 11) is 0. The van der Waals surface area contributed by atoms with Gasteiger partial charge in [-0.15, -0.1) is 0 Å². The molecule has 0 bridgehead atoms. The fraction of sp³-hybridized carbons (Fsp3) is 0.250. The van der Waals surface area contributed by atoms with Crippen molar-refractivity contribution in [2.45, 2.75) is 18.9 Å². The number of para-hydroxylation sites is 1. The topological polar surface area (TPSA) is 74.7 Å². The van der Waals surface area contributed by atoms with Crippen LogP contribution in [0.1, 0.15) is 22.3 Å². The number of carbonyl (C=O) groups excluding carboxylic acids is 1. The summed E-state index contributed by atoms with van der Waals surface area (Å²) in [6, 6.07) is 18.5. The highest BCUT2D eigenvalue weighted by atomic mass is 35.5. The number of hydrogen-bond donors (Lipinski definition) is 2. The lowest BCUT2D eigenvalue weighted by Gasteiger charge is -2.23. The minimum atomic E-state index is -0.177. The van der Waals surface area contributed by atoms with Crippen LogP contribution >= 0.6 is 11.6 Å². The molecule has 2 N–H and O–H groups in total. The molecule has 160 valence electrons. The zero-order valence-corrected chi connectivity index (χ0v) is 17.8. The number of benzene rings is 2. The molecular weight excluding hydrogens is 414 g/mol. The maximum Gasteiger partial charge on any atom is 0.255 e. The number of carbonyl (C=O) groups is 1. The Hall–Kier alpha value is -3.09. The lowest BCUT2D eigenvalue weighted by atomic mass is 10.0. The van der Waals surface area contributed by atoms with Gasteiger partial charge in [-0.2, -0.15) is 0 Å². The van der Waals surface area contributed by atoms with Crippen molar-refractivity contribution >= 4 is 28.9 Å². The second kappa shape index (κ2) is 9.81. The number of rotatable bonds is 7. The van der Waals surface area contributed by atoms with Crippen molar-refractivity contribution < 1.29 is 14.6 Å². The van der Waals surface area contributed by atoms with E-state index in [0.717, 1.165) is 29.9 Å². The van der Waals surface area contributed by atoms with Gasteiger partial charge < -0.3 is 20.1 Å². The van der Waals surface area contributed by atoms with Crippen LogP contribution in [0.15, 0.2) is 66.9 Å². The van der Waals surface area contributed by atoms with Gasteiger partial charge >= 0.3 is 0 Å². The van der Waals surface area contributed by atoms with Gasteiger partial charge in [-0.1, -0.05) is 29.8 Å². The summed E-state index contributed by atoms with van der Waals surface area (Å²) in [4.78, 5) is 19.1. The molecule has 0 unspecified atom stereocenters. The van der Waals surface area contributed by atoms with E-state index in [2.05, 4.69) is 15.2 Å². The molecule has 1 aromatic heterocycles. The molecule has 6 nitrogen and oxygen atoms in total. The zero-order valence-electron chi connectivity index (χ0n) is 17.0. The molecule has 2 heterocycles. The van der Waals surface area contributed by atoms with Crippen LogP contribution in [0.4, 0.5) is 11.4 Å². The van der Waals surface area contributed by atoms with E-state index < -0.39 is 0 Å². The Morgan fingerprint density at radius 3 is 2.81 bits per heavy atom. The number of anilines is 2. The third-order valence-corrected chi connectivity index (χ3v) is 5.53. The number of pyridine rings is 1. The third kappa shape index (κ3) is 5.16. The number of nitrogens with zero attached hydrogens (tertiary/aromatic N) is 2. The molecular formula is C24H24ClN3O3. The Bertz CT molecular complexity index is 1050. The average Bonchev–Trinajstić information content (AvgIpc) is 3.24. The third-order valence-electron chi connectivity index (χ3n) is 5.24. The molecule has 0 spiro atoms. The Morgan fingerprint density at radius 1 is 1.19 bits per heavy atom. The lowest BCUT2D eigenvalue weighted by molar-refractivity contribution is 0.102. The Morgan fingerprint density at radius 2 is 2.03 bits per heavy atom. The molecule has 1 fully saturated rings. The van der Waals surface area contributed by atoms with Crippen molar-refractivity contribution in [2.24, 2.45) is 0 Å². The highest BCUT2D eigenvalue weighted by Gasteiger charge is 2.27. The second-order valence-electron chi connectivity index (χ2n) is 7.40. The van der Waals surface area contributed by atoms with Crippen LogP contribution < -0.4 is 15.0 Å². The number of halogens is 1. The molecule has 0 aliphatic carbocycles. The number of aliphatic hydroxyl groups is 1. The van der Waals surface area contributed by atoms with E-state index in [1.54, 1.807) is 18.3 Å². The maximum absolute atomic E-state index is 12.7. The number of amides is 1. The van der Waals surface area contributed by atoms with E-state index in [4.69, 9.17) is 16.3 Å². The Balaban J connectivity index is 1.48. The quantitative estimate of drug-likeness (QED) is 0.580. The van der Waals surface area contributed by atoms with Gasteiger partial charge in [0.05, 0.1) is 6.54 Å². The average molecular weight is 438 g/mol. The number of aromatic nitrogens is 1. The molecule has 1 aliphatic heterocycles. The van der Waals surface area contributed by atoms with Crippen LogP contribution in [-0.4, -0.2) is 41.8 Å². The van der Waals surface area contributed by atoms with Gasteiger partial charge in [0.15, 0.2) is 0 Å². The number of hydrogen-bond acceptors (Lipinski definition) is 5. The molecule has 4 rings (SSSR count). The minimum Gasteiger partial charge on any atom is -0.471 e. The van der Waals surface area contributed by atoms with Crippen molar-refractivity contribution in [3.63, 3.8) is 0 Å². The van der Waals surface area contributed by atoms with E-state index in [1.807, 2.05) is 48.5 Å². The van der Waals surface area contributed by atoms with E-state index in [9.17, 15) is 9.90 Å². The monoisotopic (exact) mass is 437 g/mol. The molecule has 1 aliphatic rings. The molecule has 3 aromatic rings. The van der Waals surface area contributed by atoms with Crippen LogP contribution in [0, 0.1) is 0 Å². The van der Waals surface area contributed by atoms with Crippen LogP contribution in [0.25, 0.3) is 0 Å². The Kier molecular flexibility index (Phi) is 6.70. The molecule has 7 heteroatoms. The molecule has 1 saturated heterocycles. The van der Waals surface area contributed by atoms with Crippen molar-refractivity contribution in [2.75, 3.05) is 29.9 Å². The van der Waals surface area contributed by atoms with E-state index in [1.165, 1.54) is 0 Å². The van der Waals surface area contributed by atoms with Crippen molar-refractivity contribution in [1.29, 1.82) is 0 Å². The minimum absolute atomic E-state index is 0.00801. The SMILES string of the molecule is O=C(Nc1ccccc1)c1ccc(N2CC[C@H](Oc3ncccc3Cl)C2)c(CCO)c1. The summed E-state index contributed by atoms with van der Waals surface area (Å²) in [6.45, 7) is 1.50. The van der Waals surface area contributed by atoms with Crippen LogP contribution in [0.5, 0.6) is 5.88 Å². The fourth-order valence-electron chi connectivity index (χ4n) is 3.74. The van der Waals surface area contributed by atoms with Gasteiger partial charge in [0, 0.05) is 42.7 Å². The largest absolute Gasteiger partial charge is 0.471 e. The molecule has 1 amide bonds. The van der Waals surface area contributed by atoms with Gasteiger partial charge in [-0.25, -0.2) is 4.98 Å². The summed E-state index contributed by atoms with van der Waals surface area (Å²) in [5, 5.41) is 13.0. The van der Waals surface area contributed by atoms with Crippen LogP contribution in [0.2, 0.25) is 5.02 Å². The smallest absolute Gasteiger partial charge is 0.255 e. The van der Waals surface area contributed by atoms with Crippen LogP contribution in [0.3, 0.4) is 0 Å². The van der Waals surface area contributed by atoms with Gasteiger partial charge in [0.25, 0.3) is 5.91 Å². The lowest BCUT2D eigenvalue weighted by Crippen LogP contribution is -2.26. The first-order chi connectivity index (χ1) is 15.1. The number of ether oxygens (including phenoxy) is 1. The van der Waals surface area contributed by atoms with Crippen molar-refractivity contribution in [3.05, 3.63) is 83.0 Å². The second-order valence-corrected chi connectivity index (χ2v) is 7.81. The number of nitrogens with one attached hydrogen (secondary N) is 1. The molecule has 31 heavy (non-hydrogen) atoms. The predicted molar refractivity (Wildman–Crippen MR) is 122 cm³/mol. The highest BCUT2D eigenvalue weighted by molar-refractivity contribution is 6.31. The van der Waals surface area contributed by atoms with Gasteiger partial charge in [0.2, 0.25) is 5.88 Å². The normalized spacial score (nSPS) is 15.7. The molecule has 0 radical (unpaired) electrons. The highest BCUT2D eigenvalue weighted by Crippen LogP contribution is 2.29. The Labute approximate surface area is 186 Å². The van der Waals surface area contributed by atoms with Gasteiger partial charge in [-0.05, 0) is 54.4 Å². The van der Waals surface area contributed by atoms with E-state index >= 15 is 0 Å². The standard InChI is InChI=1S/C24H24ClN3O3/c25-21-7-4-12-26-24(21)31-20-10-13-28(16-20)22-9-8-18(15-17(22)11-14-29)23(30)27-19-5-2-1-3-6-19/h1-9,12,15,20,29H,10-11,13-14,16H2,(H,27,30)/t20-/m0/s1. The first-order valence-electron chi connectivity index (χ1n) is 10.3. The first kappa shape index (κ1) is 21.2. The number of aliphatic hydroxyl groups excluding tert-OH is 1. The van der Waals surface area contributed by atoms with Gasteiger partial charge in [0.1, 0.15) is 11.1 Å². The molecule has 2 aromatic carbocycles. The summed E-state index contributed by atoms with van der Waals surface area (Å²) in [5.41, 5.74) is 3.24. The van der Waals surface area contributed by atoms with Gasteiger partial charge in [-0.3, -0.25) is 4.79 Å². The van der Waals surface area contributed by atoms with Crippen molar-refractivity contribution in [1.82, 2.24) is 4.98 Å². The summed E-state index contributed by atoms with van der Waals surface area (Å²) >= 11 is 6.16. The maximum atomic E-state index is 12.7. The van der Waals surface area contributed by atoms with Crippen molar-refractivity contribution in [3.8, 4) is 5.88 Å². The molecule has 0 saturated carbocycles.